The molecule has 0 unspecified atom stereocenters. The van der Waals surface area contributed by atoms with Crippen LogP contribution in [-0.2, 0) is 12.6 Å². The third-order valence-corrected chi connectivity index (χ3v) is 2.14. The predicted molar refractivity (Wildman–Crippen MR) is 47.2 cm³/mol. The van der Waals surface area contributed by atoms with E-state index >= 15 is 0 Å². The lowest BCUT2D eigenvalue weighted by Crippen LogP contribution is -2.09. The molecule has 0 aromatic heterocycles. The summed E-state index contributed by atoms with van der Waals surface area (Å²) < 4.78 is 37.3. The van der Waals surface area contributed by atoms with Crippen molar-refractivity contribution in [3.05, 3.63) is 28.8 Å². The van der Waals surface area contributed by atoms with E-state index in [1.165, 1.54) is 6.07 Å². The topological polar surface area (TPSA) is 20.2 Å². The Kier molecular flexibility index (Phi) is 2.73. The molecule has 0 amide bonds. The quantitative estimate of drug-likeness (QED) is 0.744. The average molecular weight is 204 g/mol. The van der Waals surface area contributed by atoms with Crippen molar-refractivity contribution in [2.75, 3.05) is 0 Å². The SMILES string of the molecule is CCc1c(C(F)(F)F)ccc(C)c1O. The first-order valence-corrected chi connectivity index (χ1v) is 4.26. The van der Waals surface area contributed by atoms with Gasteiger partial charge in [-0.15, -0.1) is 0 Å². The zero-order valence-corrected chi connectivity index (χ0v) is 7.94. The fourth-order valence-corrected chi connectivity index (χ4v) is 1.38. The molecule has 0 fully saturated rings. The monoisotopic (exact) mass is 204 g/mol. The van der Waals surface area contributed by atoms with Crippen molar-refractivity contribution in [2.24, 2.45) is 0 Å². The van der Waals surface area contributed by atoms with E-state index in [-0.39, 0.29) is 17.7 Å². The van der Waals surface area contributed by atoms with Crippen LogP contribution in [0.1, 0.15) is 23.6 Å². The molecular formula is C10H11F3O. The van der Waals surface area contributed by atoms with Gasteiger partial charge in [0.15, 0.2) is 0 Å². The molecule has 4 heteroatoms. The molecule has 0 saturated heterocycles. The normalized spacial score (nSPS) is 11.8. The molecule has 14 heavy (non-hydrogen) atoms. The van der Waals surface area contributed by atoms with Gasteiger partial charge in [-0.05, 0) is 25.0 Å². The molecule has 0 heterocycles. The molecule has 0 aliphatic rings. The Morgan fingerprint density at radius 1 is 1.29 bits per heavy atom. The molecule has 0 aliphatic heterocycles. The standard InChI is InChI=1S/C10H11F3O/c1-3-7-8(10(11,12)13)5-4-6(2)9(7)14/h4-5,14H,3H2,1-2H3. The number of alkyl halides is 3. The van der Waals surface area contributed by atoms with Gasteiger partial charge in [-0.2, -0.15) is 13.2 Å². The van der Waals surface area contributed by atoms with Gasteiger partial charge in [-0.3, -0.25) is 0 Å². The molecule has 0 bridgehead atoms. The number of halogens is 3. The maximum atomic E-state index is 12.4. The molecule has 0 spiro atoms. The summed E-state index contributed by atoms with van der Waals surface area (Å²) in [6.45, 7) is 3.17. The summed E-state index contributed by atoms with van der Waals surface area (Å²) in [7, 11) is 0. The second kappa shape index (κ2) is 3.52. The van der Waals surface area contributed by atoms with Gasteiger partial charge < -0.3 is 5.11 Å². The van der Waals surface area contributed by atoms with Crippen LogP contribution in [0.5, 0.6) is 5.75 Å². The smallest absolute Gasteiger partial charge is 0.416 e. The van der Waals surface area contributed by atoms with Crippen molar-refractivity contribution in [3.63, 3.8) is 0 Å². The van der Waals surface area contributed by atoms with Crippen LogP contribution < -0.4 is 0 Å². The molecule has 1 aromatic carbocycles. The fraction of sp³-hybridized carbons (Fsp3) is 0.400. The Hall–Kier alpha value is -1.19. The minimum absolute atomic E-state index is 0.0301. The van der Waals surface area contributed by atoms with Crippen molar-refractivity contribution in [3.8, 4) is 5.75 Å². The lowest BCUT2D eigenvalue weighted by atomic mass is 10.0. The molecule has 0 radical (unpaired) electrons. The molecular weight excluding hydrogens is 193 g/mol. The Labute approximate surface area is 80.2 Å². The maximum absolute atomic E-state index is 12.4. The van der Waals surface area contributed by atoms with Gasteiger partial charge in [0.25, 0.3) is 0 Å². The van der Waals surface area contributed by atoms with Crippen LogP contribution in [0.2, 0.25) is 0 Å². The second-order valence-electron chi connectivity index (χ2n) is 3.11. The van der Waals surface area contributed by atoms with Crippen LogP contribution in [-0.4, -0.2) is 5.11 Å². The summed E-state index contributed by atoms with van der Waals surface area (Å²) >= 11 is 0. The van der Waals surface area contributed by atoms with Gasteiger partial charge in [0.1, 0.15) is 5.75 Å². The number of phenols is 1. The zero-order chi connectivity index (χ0) is 10.9. The van der Waals surface area contributed by atoms with Crippen molar-refractivity contribution in [1.82, 2.24) is 0 Å². The Morgan fingerprint density at radius 3 is 2.29 bits per heavy atom. The first-order chi connectivity index (χ1) is 6.38. The number of aromatic hydroxyl groups is 1. The maximum Gasteiger partial charge on any atom is 0.416 e. The summed E-state index contributed by atoms with van der Waals surface area (Å²) in [5.74, 6) is -0.248. The number of benzene rings is 1. The first kappa shape index (κ1) is 10.9. The number of rotatable bonds is 1. The van der Waals surface area contributed by atoms with Crippen molar-refractivity contribution < 1.29 is 18.3 Å². The molecule has 78 valence electrons. The summed E-state index contributed by atoms with van der Waals surface area (Å²) in [6.07, 6.45) is -4.22. The molecule has 1 aromatic rings. The van der Waals surface area contributed by atoms with Gasteiger partial charge in [0.2, 0.25) is 0 Å². The second-order valence-corrected chi connectivity index (χ2v) is 3.11. The van der Waals surface area contributed by atoms with Crippen LogP contribution in [0.25, 0.3) is 0 Å². The van der Waals surface area contributed by atoms with Gasteiger partial charge in [0.05, 0.1) is 5.56 Å². The van der Waals surface area contributed by atoms with Crippen LogP contribution in [0.3, 0.4) is 0 Å². The third-order valence-electron chi connectivity index (χ3n) is 2.14. The first-order valence-electron chi connectivity index (χ1n) is 4.26. The largest absolute Gasteiger partial charge is 0.507 e. The highest BCUT2D eigenvalue weighted by Gasteiger charge is 2.34. The van der Waals surface area contributed by atoms with Crippen LogP contribution >= 0.6 is 0 Å². The molecule has 0 atom stereocenters. The Balaban J connectivity index is 3.39. The van der Waals surface area contributed by atoms with Gasteiger partial charge in [-0.1, -0.05) is 13.0 Å². The highest BCUT2D eigenvalue weighted by atomic mass is 19.4. The van der Waals surface area contributed by atoms with Crippen LogP contribution in [0, 0.1) is 6.92 Å². The molecule has 1 nitrogen and oxygen atoms in total. The van der Waals surface area contributed by atoms with E-state index in [1.54, 1.807) is 13.8 Å². The van der Waals surface area contributed by atoms with E-state index in [1.807, 2.05) is 0 Å². The zero-order valence-electron chi connectivity index (χ0n) is 7.94. The summed E-state index contributed by atoms with van der Waals surface area (Å²) in [5.41, 5.74) is -0.310. The van der Waals surface area contributed by atoms with E-state index in [9.17, 15) is 18.3 Å². The van der Waals surface area contributed by atoms with Gasteiger partial charge >= 0.3 is 6.18 Å². The number of aryl methyl sites for hydroxylation is 1. The molecule has 0 aliphatic carbocycles. The van der Waals surface area contributed by atoms with E-state index in [2.05, 4.69) is 0 Å². The summed E-state index contributed by atoms with van der Waals surface area (Å²) in [4.78, 5) is 0. The van der Waals surface area contributed by atoms with Crippen LogP contribution in [0.15, 0.2) is 12.1 Å². The van der Waals surface area contributed by atoms with Crippen LogP contribution in [0.4, 0.5) is 13.2 Å². The van der Waals surface area contributed by atoms with Crippen molar-refractivity contribution >= 4 is 0 Å². The molecule has 0 saturated carbocycles. The fourth-order valence-electron chi connectivity index (χ4n) is 1.38. The third kappa shape index (κ3) is 1.84. The number of hydrogen-bond donors (Lipinski definition) is 1. The minimum atomic E-state index is -4.39. The van der Waals surface area contributed by atoms with E-state index in [0.717, 1.165) is 6.07 Å². The van der Waals surface area contributed by atoms with E-state index < -0.39 is 11.7 Å². The molecule has 1 N–H and O–H groups in total. The van der Waals surface area contributed by atoms with Gasteiger partial charge in [-0.25, -0.2) is 0 Å². The number of hydrogen-bond acceptors (Lipinski definition) is 1. The Bertz CT molecular complexity index is 342. The lowest BCUT2D eigenvalue weighted by molar-refractivity contribution is -0.138. The highest BCUT2D eigenvalue weighted by molar-refractivity contribution is 5.46. The van der Waals surface area contributed by atoms with E-state index in [4.69, 9.17) is 0 Å². The number of phenolic OH excluding ortho intramolecular Hbond substituents is 1. The highest BCUT2D eigenvalue weighted by Crippen LogP contribution is 2.37. The minimum Gasteiger partial charge on any atom is -0.507 e. The average Bonchev–Trinajstić information content (AvgIpc) is 2.07. The van der Waals surface area contributed by atoms with Gasteiger partial charge in [0, 0.05) is 5.56 Å². The molecule has 1 rings (SSSR count). The summed E-state index contributed by atoms with van der Waals surface area (Å²) in [6, 6.07) is 2.28. The predicted octanol–water partition coefficient (Wildman–Crippen LogP) is 3.28. The Morgan fingerprint density at radius 2 is 1.86 bits per heavy atom. The summed E-state index contributed by atoms with van der Waals surface area (Å²) in [5, 5.41) is 9.44. The van der Waals surface area contributed by atoms with Crippen molar-refractivity contribution in [2.45, 2.75) is 26.4 Å². The lowest BCUT2D eigenvalue weighted by Gasteiger charge is -2.14. The van der Waals surface area contributed by atoms with Crippen molar-refractivity contribution in [1.29, 1.82) is 0 Å². The van der Waals surface area contributed by atoms with E-state index in [0.29, 0.717) is 5.56 Å².